The molecule has 0 N–H and O–H groups in total. The van der Waals surface area contributed by atoms with E-state index < -0.39 is 57.5 Å². The molecule has 2 aliphatic rings. The number of halogens is 1. The molecule has 1 aromatic rings. The van der Waals surface area contributed by atoms with Gasteiger partial charge in [-0.15, -0.1) is 11.6 Å². The van der Waals surface area contributed by atoms with Gasteiger partial charge >= 0.3 is 11.9 Å². The molecule has 0 amide bonds. The Morgan fingerprint density at radius 2 is 1.83 bits per heavy atom. The van der Waals surface area contributed by atoms with Crippen LogP contribution in [0.2, 0.25) is 0 Å². The van der Waals surface area contributed by atoms with E-state index in [2.05, 4.69) is 0 Å². The lowest BCUT2D eigenvalue weighted by atomic mass is 9.86. The van der Waals surface area contributed by atoms with Crippen LogP contribution in [0.1, 0.15) is 19.4 Å². The largest absolute Gasteiger partial charge is 0.463 e. The summed E-state index contributed by atoms with van der Waals surface area (Å²) in [7, 11) is -3.58. The standard InChI is InChI=1S/C20H25ClO8S/c1-11-4-6-15(7-5-11)30(24,25)10-14-8-27-20-17(14)18(21)19(28-13(3)23)16(29-20)9-26-12(2)22/h4-7,14,16-20H,8-10H2,1-3H3/t14-,16-,17-,18-,19-,20+/m1/s1. The van der Waals surface area contributed by atoms with Gasteiger partial charge in [-0.25, -0.2) is 8.42 Å². The van der Waals surface area contributed by atoms with Gasteiger partial charge in [-0.3, -0.25) is 9.59 Å². The second-order valence-corrected chi connectivity index (χ2v) is 10.2. The molecule has 2 fully saturated rings. The third-order valence-corrected chi connectivity index (χ3v) is 7.65. The van der Waals surface area contributed by atoms with Gasteiger partial charge in [0.15, 0.2) is 16.1 Å². The maximum Gasteiger partial charge on any atom is 0.303 e. The van der Waals surface area contributed by atoms with Crippen molar-refractivity contribution in [1.29, 1.82) is 0 Å². The molecular weight excluding hydrogens is 436 g/mol. The van der Waals surface area contributed by atoms with E-state index in [0.717, 1.165) is 5.56 Å². The van der Waals surface area contributed by atoms with Gasteiger partial charge in [-0.1, -0.05) is 17.7 Å². The van der Waals surface area contributed by atoms with Gasteiger partial charge in [0.05, 0.1) is 22.6 Å². The molecule has 2 aliphatic heterocycles. The number of ether oxygens (including phenoxy) is 4. The number of alkyl halides is 1. The summed E-state index contributed by atoms with van der Waals surface area (Å²) in [4.78, 5) is 23.0. The van der Waals surface area contributed by atoms with E-state index in [0.29, 0.717) is 0 Å². The highest BCUT2D eigenvalue weighted by Crippen LogP contribution is 2.42. The number of carbonyl (C=O) groups is 2. The molecule has 166 valence electrons. The van der Waals surface area contributed by atoms with E-state index >= 15 is 0 Å². The predicted molar refractivity (Wildman–Crippen MR) is 107 cm³/mol. The van der Waals surface area contributed by atoms with Gasteiger partial charge in [0, 0.05) is 25.7 Å². The first-order valence-electron chi connectivity index (χ1n) is 9.59. The quantitative estimate of drug-likeness (QED) is 0.468. The molecule has 0 saturated carbocycles. The maximum absolute atomic E-state index is 12.9. The van der Waals surface area contributed by atoms with Crippen LogP contribution >= 0.6 is 11.6 Å². The Bertz CT molecular complexity index is 885. The molecule has 0 aromatic heterocycles. The average molecular weight is 461 g/mol. The van der Waals surface area contributed by atoms with Crippen LogP contribution in [0.3, 0.4) is 0 Å². The average Bonchev–Trinajstić information content (AvgIpc) is 3.04. The highest BCUT2D eigenvalue weighted by atomic mass is 35.5. The van der Waals surface area contributed by atoms with Crippen molar-refractivity contribution in [3.8, 4) is 0 Å². The number of fused-ring (bicyclic) bond motifs is 1. The first kappa shape index (κ1) is 23.0. The first-order valence-corrected chi connectivity index (χ1v) is 11.7. The zero-order chi connectivity index (χ0) is 22.1. The van der Waals surface area contributed by atoms with Crippen LogP contribution < -0.4 is 0 Å². The van der Waals surface area contributed by atoms with E-state index in [9.17, 15) is 18.0 Å². The molecule has 1 aromatic carbocycles. The molecule has 0 bridgehead atoms. The van der Waals surface area contributed by atoms with Crippen LogP contribution in [0.15, 0.2) is 29.2 Å². The van der Waals surface area contributed by atoms with Crippen molar-refractivity contribution in [2.24, 2.45) is 11.8 Å². The summed E-state index contributed by atoms with van der Waals surface area (Å²) in [6, 6.07) is 6.63. The van der Waals surface area contributed by atoms with Gasteiger partial charge in [-0.05, 0) is 19.1 Å². The second kappa shape index (κ2) is 9.21. The molecule has 8 nitrogen and oxygen atoms in total. The van der Waals surface area contributed by atoms with Crippen LogP contribution in [0, 0.1) is 18.8 Å². The molecule has 30 heavy (non-hydrogen) atoms. The zero-order valence-corrected chi connectivity index (χ0v) is 18.5. The third kappa shape index (κ3) is 5.14. The van der Waals surface area contributed by atoms with Crippen molar-refractivity contribution in [1.82, 2.24) is 0 Å². The summed E-state index contributed by atoms with van der Waals surface area (Å²) in [6.45, 7) is 4.35. The molecule has 0 radical (unpaired) electrons. The van der Waals surface area contributed by atoms with Gasteiger partial charge in [-0.2, -0.15) is 0 Å². The fraction of sp³-hybridized carbons (Fsp3) is 0.600. The zero-order valence-electron chi connectivity index (χ0n) is 16.9. The molecule has 2 saturated heterocycles. The molecule has 2 heterocycles. The number of hydrogen-bond acceptors (Lipinski definition) is 8. The van der Waals surface area contributed by atoms with Crippen molar-refractivity contribution in [3.05, 3.63) is 29.8 Å². The van der Waals surface area contributed by atoms with Crippen molar-refractivity contribution < 1.29 is 37.0 Å². The van der Waals surface area contributed by atoms with Gasteiger partial charge in [0.1, 0.15) is 18.8 Å². The summed E-state index contributed by atoms with van der Waals surface area (Å²) in [5.41, 5.74) is 0.961. The van der Waals surface area contributed by atoms with Gasteiger partial charge in [0.2, 0.25) is 0 Å². The predicted octanol–water partition coefficient (Wildman–Crippen LogP) is 1.86. The number of hydrogen-bond donors (Lipinski definition) is 0. The van der Waals surface area contributed by atoms with E-state index in [1.54, 1.807) is 24.3 Å². The summed E-state index contributed by atoms with van der Waals surface area (Å²) in [5.74, 6) is -2.21. The highest BCUT2D eigenvalue weighted by Gasteiger charge is 2.54. The van der Waals surface area contributed by atoms with E-state index in [4.69, 9.17) is 30.5 Å². The second-order valence-electron chi connectivity index (χ2n) is 7.63. The number of rotatable bonds is 6. The lowest BCUT2D eigenvalue weighted by Gasteiger charge is -2.41. The normalized spacial score (nSPS) is 31.1. The van der Waals surface area contributed by atoms with Crippen LogP contribution in [0.25, 0.3) is 0 Å². The fourth-order valence-corrected chi connectivity index (χ4v) is 5.99. The first-order chi connectivity index (χ1) is 14.1. The fourth-order valence-electron chi connectivity index (χ4n) is 3.83. The SMILES string of the molecule is CC(=O)OC[C@H]1O[C@@H]2OC[C@H](CS(=O)(=O)c3ccc(C)cc3)[C@@H]2[C@@H](Cl)[C@@H]1OC(C)=O. The number of esters is 2. The topological polar surface area (TPSA) is 105 Å². The summed E-state index contributed by atoms with van der Waals surface area (Å²) in [6.07, 6.45) is -2.50. The van der Waals surface area contributed by atoms with Crippen LogP contribution in [0.4, 0.5) is 0 Å². The molecule has 0 unspecified atom stereocenters. The maximum atomic E-state index is 12.9. The smallest absolute Gasteiger partial charge is 0.303 e. The Kier molecular flexibility index (Phi) is 7.06. The molecule has 0 spiro atoms. The Morgan fingerprint density at radius 1 is 1.17 bits per heavy atom. The molecule has 6 atom stereocenters. The van der Waals surface area contributed by atoms with Crippen molar-refractivity contribution in [2.75, 3.05) is 19.0 Å². The Labute approximate surface area is 180 Å². The molecule has 3 rings (SSSR count). The minimum Gasteiger partial charge on any atom is -0.463 e. The summed E-state index contributed by atoms with van der Waals surface area (Å²) >= 11 is 6.66. The van der Waals surface area contributed by atoms with Crippen molar-refractivity contribution in [3.63, 3.8) is 0 Å². The summed E-state index contributed by atoms with van der Waals surface area (Å²) < 4.78 is 47.7. The molecular formula is C20H25ClO8S. The van der Waals surface area contributed by atoms with Gasteiger partial charge < -0.3 is 18.9 Å². The molecule has 0 aliphatic carbocycles. The van der Waals surface area contributed by atoms with Crippen LogP contribution in [-0.2, 0) is 38.4 Å². The number of sulfone groups is 1. The Morgan fingerprint density at radius 3 is 2.43 bits per heavy atom. The summed E-state index contributed by atoms with van der Waals surface area (Å²) in [5, 5.41) is -0.770. The Hall–Kier alpha value is -1.68. The van der Waals surface area contributed by atoms with E-state index in [1.165, 1.54) is 13.8 Å². The Balaban J connectivity index is 1.78. The minimum atomic E-state index is -3.58. The number of benzene rings is 1. The minimum absolute atomic E-state index is 0.136. The van der Waals surface area contributed by atoms with Crippen molar-refractivity contribution >= 4 is 33.4 Å². The van der Waals surface area contributed by atoms with Crippen LogP contribution in [-0.4, -0.2) is 63.2 Å². The van der Waals surface area contributed by atoms with Crippen LogP contribution in [0.5, 0.6) is 0 Å². The van der Waals surface area contributed by atoms with Gasteiger partial charge in [0.25, 0.3) is 0 Å². The third-order valence-electron chi connectivity index (χ3n) is 5.26. The van der Waals surface area contributed by atoms with E-state index in [1.807, 2.05) is 6.92 Å². The highest BCUT2D eigenvalue weighted by molar-refractivity contribution is 7.91. The monoisotopic (exact) mass is 460 g/mol. The van der Waals surface area contributed by atoms with E-state index in [-0.39, 0.29) is 23.9 Å². The van der Waals surface area contributed by atoms with Crippen molar-refractivity contribution in [2.45, 2.75) is 49.5 Å². The number of aryl methyl sites for hydroxylation is 1. The lowest BCUT2D eigenvalue weighted by molar-refractivity contribution is -0.234. The molecule has 10 heteroatoms. The number of carbonyl (C=O) groups excluding carboxylic acids is 2. The lowest BCUT2D eigenvalue weighted by Crippen LogP contribution is -2.55.